The van der Waals surface area contributed by atoms with Gasteiger partial charge in [0.15, 0.2) is 12.1 Å². The van der Waals surface area contributed by atoms with Crippen molar-refractivity contribution in [3.05, 3.63) is 0 Å². The van der Waals surface area contributed by atoms with Crippen LogP contribution in [0.25, 0.3) is 0 Å². The van der Waals surface area contributed by atoms with E-state index in [9.17, 15) is 24.6 Å². The van der Waals surface area contributed by atoms with E-state index >= 15 is 0 Å². The van der Waals surface area contributed by atoms with Gasteiger partial charge in [-0.25, -0.2) is 0 Å². The molecule has 50 heavy (non-hydrogen) atoms. The SMILES string of the molecule is CC(=O)OC(CCC(C)C1C(O)C(=O)C2(C)C3CCC4C(C)(C)C(OC5CN(CC(=O)N(C)C)CCO5)CCC45CC35CCC12C)C(C)(C)O. The van der Waals surface area contributed by atoms with Crippen molar-refractivity contribution in [3.63, 3.8) is 0 Å². The summed E-state index contributed by atoms with van der Waals surface area (Å²) in [6.07, 6.45) is 6.44. The normalized spacial score (nSPS) is 43.5. The first-order valence-electron chi connectivity index (χ1n) is 19.5. The van der Waals surface area contributed by atoms with Crippen LogP contribution in [0.4, 0.5) is 0 Å². The number of aliphatic hydroxyl groups is 2. The molecule has 10 nitrogen and oxygen atoms in total. The van der Waals surface area contributed by atoms with Gasteiger partial charge in [0, 0.05) is 38.9 Å². The number of nitrogens with zero attached hydrogens (tertiary/aromatic N) is 2. The van der Waals surface area contributed by atoms with E-state index in [-0.39, 0.29) is 63.5 Å². The van der Waals surface area contributed by atoms with Gasteiger partial charge in [-0.2, -0.15) is 0 Å². The van der Waals surface area contributed by atoms with Crippen molar-refractivity contribution in [2.75, 3.05) is 40.3 Å². The third kappa shape index (κ3) is 5.71. The lowest BCUT2D eigenvalue weighted by molar-refractivity contribution is -0.246. The highest BCUT2D eigenvalue weighted by atomic mass is 16.7. The molecule has 6 aliphatic rings. The number of rotatable bonds is 10. The number of carbonyl (C=O) groups is 3. The fraction of sp³-hybridized carbons (Fsp3) is 0.925. The summed E-state index contributed by atoms with van der Waals surface area (Å²) in [6, 6.07) is 0. The zero-order valence-corrected chi connectivity index (χ0v) is 32.5. The number of likely N-dealkylation sites (N-methyl/N-ethyl adjacent to an activating group) is 1. The Bertz CT molecular complexity index is 1340. The fourth-order valence-corrected chi connectivity index (χ4v) is 13.1. The first kappa shape index (κ1) is 38.1. The number of hydrogen-bond donors (Lipinski definition) is 2. The van der Waals surface area contributed by atoms with E-state index < -0.39 is 29.2 Å². The first-order chi connectivity index (χ1) is 23.2. The van der Waals surface area contributed by atoms with Crippen LogP contribution in [0.3, 0.4) is 0 Å². The Morgan fingerprint density at radius 3 is 2.34 bits per heavy atom. The number of ketones is 1. The molecule has 12 unspecified atom stereocenters. The summed E-state index contributed by atoms with van der Waals surface area (Å²) in [7, 11) is 3.58. The summed E-state index contributed by atoms with van der Waals surface area (Å²) < 4.78 is 18.4. The Labute approximate surface area is 300 Å². The van der Waals surface area contributed by atoms with Crippen LogP contribution in [0.15, 0.2) is 0 Å². The van der Waals surface area contributed by atoms with Gasteiger partial charge in [-0.15, -0.1) is 0 Å². The van der Waals surface area contributed by atoms with E-state index in [0.29, 0.717) is 38.5 Å². The van der Waals surface area contributed by atoms with Gasteiger partial charge in [0.1, 0.15) is 12.2 Å². The summed E-state index contributed by atoms with van der Waals surface area (Å²) in [5.74, 6) is 0.266. The average molecular weight is 703 g/mol. The van der Waals surface area contributed by atoms with Crippen LogP contribution in [0.5, 0.6) is 0 Å². The molecule has 2 spiro atoms. The van der Waals surface area contributed by atoms with Crippen LogP contribution in [-0.2, 0) is 28.6 Å². The number of carbonyl (C=O) groups excluding carboxylic acids is 3. The predicted molar refractivity (Wildman–Crippen MR) is 189 cm³/mol. The van der Waals surface area contributed by atoms with Crippen molar-refractivity contribution in [2.45, 2.75) is 143 Å². The average Bonchev–Trinajstić information content (AvgIpc) is 3.66. The van der Waals surface area contributed by atoms with Crippen molar-refractivity contribution in [3.8, 4) is 0 Å². The molecule has 0 aromatic heterocycles. The molecule has 1 saturated heterocycles. The van der Waals surface area contributed by atoms with Crippen LogP contribution in [-0.4, -0.2) is 108 Å². The largest absolute Gasteiger partial charge is 0.460 e. The molecule has 1 heterocycles. The number of hydrogen-bond acceptors (Lipinski definition) is 9. The van der Waals surface area contributed by atoms with Crippen molar-refractivity contribution < 1.29 is 38.8 Å². The zero-order chi connectivity index (χ0) is 36.8. The predicted octanol–water partition coefficient (Wildman–Crippen LogP) is 4.83. The minimum Gasteiger partial charge on any atom is -0.460 e. The number of fused-ring (bicyclic) bond motifs is 2. The Hall–Kier alpha value is -1.59. The molecule has 5 aliphatic carbocycles. The number of amides is 1. The third-order valence-electron chi connectivity index (χ3n) is 15.9. The van der Waals surface area contributed by atoms with Gasteiger partial charge in [0.25, 0.3) is 0 Å². The van der Waals surface area contributed by atoms with Crippen LogP contribution in [0, 0.1) is 50.7 Å². The summed E-state index contributed by atoms with van der Waals surface area (Å²) >= 11 is 0. The summed E-state index contributed by atoms with van der Waals surface area (Å²) in [5, 5.41) is 22.5. The molecular formula is C40H66N2O8. The maximum absolute atomic E-state index is 14.5. The number of morpholine rings is 1. The van der Waals surface area contributed by atoms with Gasteiger partial charge in [-0.1, -0.05) is 34.6 Å². The number of aliphatic hydroxyl groups excluding tert-OH is 1. The molecule has 284 valence electrons. The van der Waals surface area contributed by atoms with E-state index in [1.165, 1.54) is 6.92 Å². The molecule has 5 saturated carbocycles. The highest BCUT2D eigenvalue weighted by molar-refractivity contribution is 5.93. The minimum atomic E-state index is -1.18. The first-order valence-corrected chi connectivity index (χ1v) is 19.5. The fourth-order valence-electron chi connectivity index (χ4n) is 13.1. The molecule has 6 fully saturated rings. The standard InChI is InChI=1S/C40H66N2O8/c1-24(11-14-29(36(5,6)47)49-25(2)43)32-33(45)34(46)38(8)27-13-12-26-35(3,4)28(15-16-39(26)23-40(27,39)18-17-37(32,38)7)50-31-22-42(19-20-48-31)21-30(44)41(9)10/h24,26-29,31-33,45,47H,11-23H2,1-10H3. The number of Topliss-reactive ketones (excluding diaryl/α,β-unsaturated/α-hetero) is 1. The highest BCUT2D eigenvalue weighted by Gasteiger charge is 2.84. The van der Waals surface area contributed by atoms with Gasteiger partial charge < -0.3 is 29.3 Å². The van der Waals surface area contributed by atoms with E-state index in [4.69, 9.17) is 14.2 Å². The molecule has 0 radical (unpaired) electrons. The molecule has 6 rings (SSSR count). The summed E-state index contributed by atoms with van der Waals surface area (Å²) in [4.78, 5) is 42.5. The second kappa shape index (κ2) is 12.8. The van der Waals surface area contributed by atoms with Gasteiger partial charge in [-0.3, -0.25) is 19.3 Å². The zero-order valence-electron chi connectivity index (χ0n) is 32.5. The molecule has 1 amide bonds. The van der Waals surface area contributed by atoms with E-state index in [1.54, 1.807) is 32.8 Å². The van der Waals surface area contributed by atoms with Crippen molar-refractivity contribution in [1.29, 1.82) is 0 Å². The van der Waals surface area contributed by atoms with E-state index in [0.717, 1.165) is 51.5 Å². The van der Waals surface area contributed by atoms with Crippen LogP contribution >= 0.6 is 0 Å². The summed E-state index contributed by atoms with van der Waals surface area (Å²) in [6.45, 7) is 18.3. The molecular weight excluding hydrogens is 636 g/mol. The van der Waals surface area contributed by atoms with Gasteiger partial charge in [-0.05, 0) is 111 Å². The lowest BCUT2D eigenvalue weighted by atomic mass is 9.41. The Morgan fingerprint density at radius 1 is 1.04 bits per heavy atom. The van der Waals surface area contributed by atoms with Crippen LogP contribution in [0.1, 0.15) is 113 Å². The van der Waals surface area contributed by atoms with Gasteiger partial charge in [0.05, 0.1) is 31.4 Å². The van der Waals surface area contributed by atoms with Crippen LogP contribution in [0.2, 0.25) is 0 Å². The highest BCUT2D eigenvalue weighted by Crippen LogP contribution is 2.88. The Kier molecular flexibility index (Phi) is 9.74. The van der Waals surface area contributed by atoms with Crippen LogP contribution < -0.4 is 0 Å². The molecule has 2 N–H and O–H groups in total. The van der Waals surface area contributed by atoms with Gasteiger partial charge >= 0.3 is 5.97 Å². The molecule has 1 aliphatic heterocycles. The smallest absolute Gasteiger partial charge is 0.303 e. The maximum atomic E-state index is 14.5. The van der Waals surface area contributed by atoms with Gasteiger partial charge in [0.2, 0.25) is 5.91 Å². The maximum Gasteiger partial charge on any atom is 0.303 e. The quantitative estimate of drug-likeness (QED) is 0.308. The number of ether oxygens (including phenoxy) is 3. The third-order valence-corrected chi connectivity index (χ3v) is 15.9. The second-order valence-electron chi connectivity index (χ2n) is 19.2. The van der Waals surface area contributed by atoms with Crippen molar-refractivity contribution in [1.82, 2.24) is 9.80 Å². The summed E-state index contributed by atoms with van der Waals surface area (Å²) in [5.41, 5.74) is -1.88. The molecule has 10 heteroatoms. The van der Waals surface area contributed by atoms with Crippen molar-refractivity contribution >= 4 is 17.7 Å². The van der Waals surface area contributed by atoms with Crippen molar-refractivity contribution in [2.24, 2.45) is 50.7 Å². The minimum absolute atomic E-state index is 0.0187. The molecule has 12 atom stereocenters. The van der Waals surface area contributed by atoms with E-state index in [2.05, 4.69) is 39.5 Å². The monoisotopic (exact) mass is 702 g/mol. The molecule has 0 bridgehead atoms. The molecule has 0 aromatic rings. The Balaban J connectivity index is 1.17. The Morgan fingerprint density at radius 2 is 1.70 bits per heavy atom. The second-order valence-corrected chi connectivity index (χ2v) is 19.2. The number of esters is 1. The molecule has 0 aromatic carbocycles. The lowest BCUT2D eigenvalue weighted by Gasteiger charge is -2.62. The lowest BCUT2D eigenvalue weighted by Crippen LogP contribution is -2.60. The van der Waals surface area contributed by atoms with E-state index in [1.807, 2.05) is 0 Å². The topological polar surface area (TPSA) is 126 Å².